The Morgan fingerprint density at radius 2 is 1.72 bits per heavy atom. The molecule has 0 aliphatic heterocycles. The number of thiazole rings is 1. The maximum atomic E-state index is 11.3. The van der Waals surface area contributed by atoms with E-state index in [1.165, 1.54) is 11.3 Å². The monoisotopic (exact) mass is 289 g/mol. The van der Waals surface area contributed by atoms with Gasteiger partial charge in [0, 0.05) is 4.88 Å². The SMILES string of the molecule is CCOC(=O)Cc1nc(S)c(CC(=O)OCC)s1. The van der Waals surface area contributed by atoms with Gasteiger partial charge in [-0.25, -0.2) is 4.98 Å². The van der Waals surface area contributed by atoms with E-state index in [0.29, 0.717) is 28.1 Å². The Morgan fingerprint density at radius 1 is 1.17 bits per heavy atom. The highest BCUT2D eigenvalue weighted by molar-refractivity contribution is 7.80. The largest absolute Gasteiger partial charge is 0.466 e. The maximum absolute atomic E-state index is 11.3. The summed E-state index contributed by atoms with van der Waals surface area (Å²) in [5.41, 5.74) is 0. The topological polar surface area (TPSA) is 65.5 Å². The Kier molecular flexibility index (Phi) is 6.14. The van der Waals surface area contributed by atoms with Gasteiger partial charge in [0.15, 0.2) is 0 Å². The molecule has 1 heterocycles. The lowest BCUT2D eigenvalue weighted by Crippen LogP contribution is -2.07. The van der Waals surface area contributed by atoms with Gasteiger partial charge in [-0.3, -0.25) is 9.59 Å². The molecule has 0 aromatic carbocycles. The van der Waals surface area contributed by atoms with E-state index >= 15 is 0 Å². The molecule has 1 rings (SSSR count). The summed E-state index contributed by atoms with van der Waals surface area (Å²) < 4.78 is 9.67. The lowest BCUT2D eigenvalue weighted by Gasteiger charge is -1.99. The molecule has 7 heteroatoms. The minimum atomic E-state index is -0.331. The van der Waals surface area contributed by atoms with Gasteiger partial charge in [0.1, 0.15) is 10.0 Å². The zero-order valence-electron chi connectivity index (χ0n) is 10.3. The molecule has 1 aromatic rings. The summed E-state index contributed by atoms with van der Waals surface area (Å²) in [7, 11) is 0. The first-order valence-electron chi connectivity index (χ1n) is 5.55. The number of carbonyl (C=O) groups is 2. The summed E-state index contributed by atoms with van der Waals surface area (Å²) >= 11 is 5.45. The molecule has 0 unspecified atom stereocenters. The first-order valence-corrected chi connectivity index (χ1v) is 6.82. The molecule has 0 aliphatic carbocycles. The Hall–Kier alpha value is -1.08. The van der Waals surface area contributed by atoms with Crippen molar-refractivity contribution in [3.63, 3.8) is 0 Å². The molecular formula is C11H15NO4S2. The van der Waals surface area contributed by atoms with Gasteiger partial charge in [-0.15, -0.1) is 24.0 Å². The second-order valence-corrected chi connectivity index (χ2v) is 4.91. The molecule has 0 saturated carbocycles. The van der Waals surface area contributed by atoms with Gasteiger partial charge in [0.25, 0.3) is 0 Å². The van der Waals surface area contributed by atoms with E-state index in [1.54, 1.807) is 13.8 Å². The van der Waals surface area contributed by atoms with Crippen LogP contribution in [0.15, 0.2) is 5.03 Å². The second-order valence-electron chi connectivity index (χ2n) is 3.32. The second kappa shape index (κ2) is 7.38. The van der Waals surface area contributed by atoms with Crippen LogP contribution in [0.2, 0.25) is 0 Å². The molecule has 0 radical (unpaired) electrons. The highest BCUT2D eigenvalue weighted by atomic mass is 32.1. The van der Waals surface area contributed by atoms with Crippen molar-refractivity contribution in [3.05, 3.63) is 9.88 Å². The van der Waals surface area contributed by atoms with Crippen molar-refractivity contribution >= 4 is 35.9 Å². The molecule has 0 atom stereocenters. The van der Waals surface area contributed by atoms with Crippen LogP contribution in [0.1, 0.15) is 23.7 Å². The maximum Gasteiger partial charge on any atom is 0.312 e. The Morgan fingerprint density at radius 3 is 2.28 bits per heavy atom. The van der Waals surface area contributed by atoms with Crippen molar-refractivity contribution in [2.24, 2.45) is 0 Å². The minimum absolute atomic E-state index is 0.106. The number of thiol groups is 1. The Labute approximate surface area is 115 Å². The fourth-order valence-corrected chi connectivity index (χ4v) is 2.60. The summed E-state index contributed by atoms with van der Waals surface area (Å²) in [6, 6.07) is 0. The van der Waals surface area contributed by atoms with Crippen LogP contribution < -0.4 is 0 Å². The summed E-state index contributed by atoms with van der Waals surface area (Å²) in [4.78, 5) is 27.4. The molecule has 100 valence electrons. The number of esters is 2. The van der Waals surface area contributed by atoms with E-state index in [9.17, 15) is 9.59 Å². The number of nitrogens with zero attached hydrogens (tertiary/aromatic N) is 1. The van der Waals surface area contributed by atoms with Crippen molar-refractivity contribution in [2.75, 3.05) is 13.2 Å². The molecule has 0 spiro atoms. The molecule has 5 nitrogen and oxygen atoms in total. The fourth-order valence-electron chi connectivity index (χ4n) is 1.26. The van der Waals surface area contributed by atoms with Crippen LogP contribution in [-0.2, 0) is 31.9 Å². The zero-order valence-corrected chi connectivity index (χ0v) is 12.0. The minimum Gasteiger partial charge on any atom is -0.466 e. The number of hydrogen-bond donors (Lipinski definition) is 1. The van der Waals surface area contributed by atoms with Crippen molar-refractivity contribution < 1.29 is 19.1 Å². The van der Waals surface area contributed by atoms with E-state index in [0.717, 1.165) is 0 Å². The smallest absolute Gasteiger partial charge is 0.312 e. The molecule has 0 bridgehead atoms. The van der Waals surface area contributed by atoms with Gasteiger partial charge in [0.05, 0.1) is 26.1 Å². The molecule has 0 saturated heterocycles. The van der Waals surface area contributed by atoms with Gasteiger partial charge >= 0.3 is 11.9 Å². The van der Waals surface area contributed by atoms with Gasteiger partial charge in [-0.05, 0) is 13.8 Å². The number of carbonyl (C=O) groups excluding carboxylic acids is 2. The van der Waals surface area contributed by atoms with E-state index in [1.807, 2.05) is 0 Å². The first-order chi connectivity index (χ1) is 8.56. The summed E-state index contributed by atoms with van der Waals surface area (Å²) in [6.45, 7) is 4.18. The average Bonchev–Trinajstić information content (AvgIpc) is 2.59. The lowest BCUT2D eigenvalue weighted by atomic mass is 10.4. The van der Waals surface area contributed by atoms with Crippen LogP contribution in [-0.4, -0.2) is 30.1 Å². The average molecular weight is 289 g/mol. The van der Waals surface area contributed by atoms with Crippen LogP contribution in [0, 0.1) is 0 Å². The zero-order chi connectivity index (χ0) is 13.5. The summed E-state index contributed by atoms with van der Waals surface area (Å²) in [5.74, 6) is -0.651. The Balaban J connectivity index is 2.63. The van der Waals surface area contributed by atoms with Gasteiger partial charge < -0.3 is 9.47 Å². The predicted molar refractivity (Wildman–Crippen MR) is 70.0 cm³/mol. The molecule has 0 aliphatic rings. The van der Waals surface area contributed by atoms with Gasteiger partial charge in [-0.1, -0.05) is 0 Å². The molecule has 18 heavy (non-hydrogen) atoms. The van der Waals surface area contributed by atoms with Crippen LogP contribution in [0.3, 0.4) is 0 Å². The van der Waals surface area contributed by atoms with E-state index < -0.39 is 0 Å². The fraction of sp³-hybridized carbons (Fsp3) is 0.545. The molecule has 0 amide bonds. The lowest BCUT2D eigenvalue weighted by molar-refractivity contribution is -0.143. The third-order valence-electron chi connectivity index (χ3n) is 1.93. The summed E-state index contributed by atoms with van der Waals surface area (Å²) in [6.07, 6.45) is 0.238. The van der Waals surface area contributed by atoms with E-state index in [-0.39, 0.29) is 24.8 Å². The molecule has 0 N–H and O–H groups in total. The molecule has 0 fully saturated rings. The molecular weight excluding hydrogens is 274 g/mol. The highest BCUT2D eigenvalue weighted by Gasteiger charge is 2.15. The van der Waals surface area contributed by atoms with E-state index in [2.05, 4.69) is 17.6 Å². The number of aromatic nitrogens is 1. The highest BCUT2D eigenvalue weighted by Crippen LogP contribution is 2.23. The van der Waals surface area contributed by atoms with E-state index in [4.69, 9.17) is 9.47 Å². The number of rotatable bonds is 6. The predicted octanol–water partition coefficient (Wildman–Crippen LogP) is 1.64. The Bertz CT molecular complexity index is 431. The third-order valence-corrected chi connectivity index (χ3v) is 3.51. The number of ether oxygens (including phenoxy) is 2. The van der Waals surface area contributed by atoms with Gasteiger partial charge in [0.2, 0.25) is 0 Å². The van der Waals surface area contributed by atoms with Crippen molar-refractivity contribution in [2.45, 2.75) is 31.7 Å². The van der Waals surface area contributed by atoms with Crippen molar-refractivity contribution in [3.8, 4) is 0 Å². The van der Waals surface area contributed by atoms with Crippen molar-refractivity contribution in [1.82, 2.24) is 4.98 Å². The standard InChI is InChI=1S/C11H15NO4S2/c1-3-15-9(13)5-7-11(17)12-8(18-7)6-10(14)16-4-2/h17H,3-6H2,1-2H3. The van der Waals surface area contributed by atoms with Gasteiger partial charge in [-0.2, -0.15) is 0 Å². The van der Waals surface area contributed by atoms with Crippen LogP contribution >= 0.6 is 24.0 Å². The van der Waals surface area contributed by atoms with Crippen LogP contribution in [0.25, 0.3) is 0 Å². The van der Waals surface area contributed by atoms with Crippen molar-refractivity contribution in [1.29, 1.82) is 0 Å². The van der Waals surface area contributed by atoms with Crippen LogP contribution in [0.5, 0.6) is 0 Å². The molecule has 1 aromatic heterocycles. The summed E-state index contributed by atoms with van der Waals surface area (Å²) in [5, 5.41) is 1.06. The third kappa shape index (κ3) is 4.66. The van der Waals surface area contributed by atoms with Crippen LogP contribution in [0.4, 0.5) is 0 Å². The normalized spacial score (nSPS) is 10.2. The first kappa shape index (κ1) is 15.0. The quantitative estimate of drug-likeness (QED) is 0.637. The number of hydrogen-bond acceptors (Lipinski definition) is 7.